The van der Waals surface area contributed by atoms with E-state index in [9.17, 15) is 9.59 Å². The topological polar surface area (TPSA) is 80.4 Å². The molecule has 0 saturated carbocycles. The fraction of sp³-hybridized carbons (Fsp3) is 0.111. The number of hydrogen-bond acceptors (Lipinski definition) is 4. The lowest BCUT2D eigenvalue weighted by atomic mass is 10.1. The second-order valence-corrected chi connectivity index (χ2v) is 5.17. The molecule has 0 aliphatic heterocycles. The van der Waals surface area contributed by atoms with Crippen molar-refractivity contribution in [3.05, 3.63) is 48.5 Å². The third-order valence-electron chi connectivity index (χ3n) is 3.49. The molecule has 3 aromatic rings. The minimum absolute atomic E-state index is 0.398. The highest BCUT2D eigenvalue weighted by molar-refractivity contribution is 5.98. The van der Waals surface area contributed by atoms with Crippen molar-refractivity contribution >= 4 is 28.7 Å². The maximum absolute atomic E-state index is 11.5. The minimum Gasteiger partial charge on any atom is -0.453 e. The molecule has 1 heterocycles. The molecule has 0 saturated heterocycles. The fourth-order valence-electron chi connectivity index (χ4n) is 2.48. The van der Waals surface area contributed by atoms with Gasteiger partial charge in [-0.3, -0.25) is 10.1 Å². The predicted octanol–water partition coefficient (Wildman–Crippen LogP) is 3.94. The summed E-state index contributed by atoms with van der Waals surface area (Å²) >= 11 is 0. The van der Waals surface area contributed by atoms with Gasteiger partial charge in [0.1, 0.15) is 0 Å². The number of benzene rings is 2. The molecule has 1 amide bonds. The van der Waals surface area contributed by atoms with Crippen LogP contribution in [0.2, 0.25) is 0 Å². The number of amides is 1. The number of carbonyl (C=O) groups is 2. The van der Waals surface area contributed by atoms with Gasteiger partial charge in [0.2, 0.25) is 0 Å². The summed E-state index contributed by atoms with van der Waals surface area (Å²) in [5.41, 5.74) is 2.91. The maximum Gasteiger partial charge on any atom is 0.411 e. The second kappa shape index (κ2) is 6.45. The molecular weight excluding hydrogens is 308 g/mol. The molecule has 0 atom stereocenters. The summed E-state index contributed by atoms with van der Waals surface area (Å²) in [7, 11) is 1.30. The van der Waals surface area contributed by atoms with Crippen LogP contribution >= 0.6 is 0 Å². The average Bonchev–Trinajstić information content (AvgIpc) is 2.93. The lowest BCUT2D eigenvalue weighted by Crippen LogP contribution is -2.10. The van der Waals surface area contributed by atoms with Crippen LogP contribution in [0, 0.1) is 0 Å². The molecule has 0 bridgehead atoms. The number of anilines is 1. The van der Waals surface area contributed by atoms with Crippen LogP contribution in [0.3, 0.4) is 0 Å². The van der Waals surface area contributed by atoms with Gasteiger partial charge in [-0.1, -0.05) is 30.3 Å². The minimum atomic E-state index is -0.551. The van der Waals surface area contributed by atoms with Gasteiger partial charge in [-0.25, -0.2) is 4.79 Å². The zero-order valence-corrected chi connectivity index (χ0v) is 13.3. The quantitative estimate of drug-likeness (QED) is 0.715. The van der Waals surface area contributed by atoms with Crippen LogP contribution in [0.15, 0.2) is 48.5 Å². The largest absolute Gasteiger partial charge is 0.453 e. The van der Waals surface area contributed by atoms with Crippen LogP contribution in [-0.2, 0) is 9.53 Å². The summed E-state index contributed by atoms with van der Waals surface area (Å²) in [5.74, 6) is 0.0677. The van der Waals surface area contributed by atoms with Crippen molar-refractivity contribution in [2.75, 3.05) is 12.4 Å². The summed E-state index contributed by atoms with van der Waals surface area (Å²) in [4.78, 5) is 26.1. The van der Waals surface area contributed by atoms with Crippen molar-refractivity contribution in [3.63, 3.8) is 0 Å². The van der Waals surface area contributed by atoms with Gasteiger partial charge in [0.05, 0.1) is 18.3 Å². The van der Waals surface area contributed by atoms with Gasteiger partial charge in [0, 0.05) is 23.6 Å². The van der Waals surface area contributed by atoms with E-state index in [0.717, 1.165) is 16.5 Å². The SMILES string of the molecule is COC(=O)Nc1ccc2c(OC(C)=O)c(-c3ccccc3)[nH]c2c1. The number of aromatic nitrogens is 1. The van der Waals surface area contributed by atoms with Crippen molar-refractivity contribution in [1.29, 1.82) is 0 Å². The van der Waals surface area contributed by atoms with E-state index in [1.54, 1.807) is 18.2 Å². The number of esters is 1. The monoisotopic (exact) mass is 324 g/mol. The zero-order valence-electron chi connectivity index (χ0n) is 13.3. The Bertz CT molecular complexity index is 900. The number of aromatic amines is 1. The Morgan fingerprint density at radius 1 is 1.08 bits per heavy atom. The Morgan fingerprint density at radius 3 is 2.50 bits per heavy atom. The zero-order chi connectivity index (χ0) is 17.1. The first-order valence-electron chi connectivity index (χ1n) is 7.33. The summed E-state index contributed by atoms with van der Waals surface area (Å²) in [6.07, 6.45) is -0.551. The van der Waals surface area contributed by atoms with Crippen molar-refractivity contribution in [3.8, 4) is 17.0 Å². The molecule has 2 N–H and O–H groups in total. The van der Waals surface area contributed by atoms with Crippen molar-refractivity contribution in [2.24, 2.45) is 0 Å². The molecule has 0 aliphatic carbocycles. The summed E-state index contributed by atoms with van der Waals surface area (Å²) in [6.45, 7) is 1.36. The van der Waals surface area contributed by atoms with E-state index in [-0.39, 0.29) is 0 Å². The molecule has 6 nitrogen and oxygen atoms in total. The Morgan fingerprint density at radius 2 is 1.83 bits per heavy atom. The van der Waals surface area contributed by atoms with Gasteiger partial charge in [-0.2, -0.15) is 0 Å². The molecule has 0 unspecified atom stereocenters. The number of carbonyl (C=O) groups excluding carboxylic acids is 2. The van der Waals surface area contributed by atoms with Crippen molar-refractivity contribution < 1.29 is 19.1 Å². The highest BCUT2D eigenvalue weighted by Crippen LogP contribution is 2.38. The molecule has 24 heavy (non-hydrogen) atoms. The Balaban J connectivity index is 2.12. The average molecular weight is 324 g/mol. The highest BCUT2D eigenvalue weighted by atomic mass is 16.5. The Hall–Kier alpha value is -3.28. The number of nitrogens with one attached hydrogen (secondary N) is 2. The number of rotatable bonds is 3. The number of ether oxygens (including phenoxy) is 2. The smallest absolute Gasteiger partial charge is 0.411 e. The highest BCUT2D eigenvalue weighted by Gasteiger charge is 2.17. The van der Waals surface area contributed by atoms with Crippen molar-refractivity contribution in [2.45, 2.75) is 6.92 Å². The van der Waals surface area contributed by atoms with Gasteiger partial charge in [-0.05, 0) is 18.2 Å². The number of hydrogen-bond donors (Lipinski definition) is 2. The third kappa shape index (κ3) is 3.08. The molecule has 0 radical (unpaired) electrons. The van der Waals surface area contributed by atoms with E-state index in [0.29, 0.717) is 17.1 Å². The van der Waals surface area contributed by atoms with Gasteiger partial charge in [-0.15, -0.1) is 0 Å². The first-order valence-corrected chi connectivity index (χ1v) is 7.33. The van der Waals surface area contributed by atoms with Crippen LogP contribution in [0.4, 0.5) is 10.5 Å². The molecule has 3 rings (SSSR count). The molecule has 0 spiro atoms. The van der Waals surface area contributed by atoms with E-state index in [1.165, 1.54) is 14.0 Å². The normalized spacial score (nSPS) is 10.4. The summed E-state index contributed by atoms with van der Waals surface area (Å²) < 4.78 is 10.0. The molecule has 122 valence electrons. The Kier molecular flexibility index (Phi) is 4.20. The fourth-order valence-corrected chi connectivity index (χ4v) is 2.48. The van der Waals surface area contributed by atoms with Crippen LogP contribution in [0.1, 0.15) is 6.92 Å². The van der Waals surface area contributed by atoms with Gasteiger partial charge < -0.3 is 14.5 Å². The lowest BCUT2D eigenvalue weighted by Gasteiger charge is -2.05. The van der Waals surface area contributed by atoms with Crippen LogP contribution in [0.25, 0.3) is 22.2 Å². The molecule has 6 heteroatoms. The first kappa shape index (κ1) is 15.6. The summed E-state index contributed by atoms with van der Waals surface area (Å²) in [5, 5.41) is 3.35. The molecule has 2 aromatic carbocycles. The van der Waals surface area contributed by atoms with Gasteiger partial charge in [0.25, 0.3) is 0 Å². The number of H-pyrrole nitrogens is 1. The third-order valence-corrected chi connectivity index (χ3v) is 3.49. The van der Waals surface area contributed by atoms with Crippen LogP contribution in [0.5, 0.6) is 5.75 Å². The maximum atomic E-state index is 11.5. The molecule has 0 aliphatic rings. The second-order valence-electron chi connectivity index (χ2n) is 5.17. The predicted molar refractivity (Wildman–Crippen MR) is 91.1 cm³/mol. The lowest BCUT2D eigenvalue weighted by molar-refractivity contribution is -0.131. The van der Waals surface area contributed by atoms with E-state index in [4.69, 9.17) is 4.74 Å². The molecule has 0 fully saturated rings. The standard InChI is InChI=1S/C18H16N2O4/c1-11(21)24-17-14-9-8-13(19-18(22)23-2)10-15(14)20-16(17)12-6-4-3-5-7-12/h3-10,20H,1-2H3,(H,19,22). The summed E-state index contributed by atoms with van der Waals surface area (Å²) in [6, 6.07) is 14.8. The van der Waals surface area contributed by atoms with E-state index < -0.39 is 12.1 Å². The van der Waals surface area contributed by atoms with E-state index in [2.05, 4.69) is 15.0 Å². The first-order chi connectivity index (χ1) is 11.6. The molecular formula is C18H16N2O4. The Labute approximate surface area is 138 Å². The van der Waals surface area contributed by atoms with Crippen LogP contribution < -0.4 is 10.1 Å². The van der Waals surface area contributed by atoms with E-state index >= 15 is 0 Å². The number of fused-ring (bicyclic) bond motifs is 1. The number of methoxy groups -OCH3 is 1. The van der Waals surface area contributed by atoms with Crippen molar-refractivity contribution in [1.82, 2.24) is 4.98 Å². The van der Waals surface area contributed by atoms with Gasteiger partial charge >= 0.3 is 12.1 Å². The van der Waals surface area contributed by atoms with Crippen LogP contribution in [-0.4, -0.2) is 24.2 Å². The van der Waals surface area contributed by atoms with Gasteiger partial charge in [0.15, 0.2) is 5.75 Å². The molecule has 1 aromatic heterocycles. The van der Waals surface area contributed by atoms with E-state index in [1.807, 2.05) is 30.3 Å².